The molecule has 0 saturated heterocycles. The van der Waals surface area contributed by atoms with Crippen LogP contribution in [-0.4, -0.2) is 12.5 Å². The van der Waals surface area contributed by atoms with E-state index in [2.05, 4.69) is 12.2 Å². The molecule has 1 heterocycles. The Morgan fingerprint density at radius 2 is 1.79 bits per heavy atom. The molecule has 19 heavy (non-hydrogen) atoms. The first-order valence-corrected chi connectivity index (χ1v) is 8.24. The number of carbonyl (C=O) groups excluding carboxylic acids is 1. The molecule has 3 N–H and O–H groups in total. The van der Waals surface area contributed by atoms with E-state index in [0.717, 1.165) is 13.0 Å². The van der Waals surface area contributed by atoms with Gasteiger partial charge in [-0.15, -0.1) is 11.3 Å². The van der Waals surface area contributed by atoms with Crippen LogP contribution in [0.15, 0.2) is 11.4 Å². The van der Waals surface area contributed by atoms with Gasteiger partial charge in [0.2, 0.25) is 0 Å². The van der Waals surface area contributed by atoms with Crippen molar-refractivity contribution in [3.05, 3.63) is 16.3 Å². The van der Waals surface area contributed by atoms with E-state index in [1.807, 2.05) is 5.38 Å². The summed E-state index contributed by atoms with van der Waals surface area (Å²) < 4.78 is 0. The molecule has 0 saturated carbocycles. The number of thiophene rings is 1. The minimum absolute atomic E-state index is 0.0320. The smallest absolute Gasteiger partial charge is 0.263 e. The maximum atomic E-state index is 11.8. The number of unbranched alkanes of at least 4 members (excludes halogenated alkanes) is 7. The Hall–Kier alpha value is -1.03. The summed E-state index contributed by atoms with van der Waals surface area (Å²) in [5.74, 6) is -0.0320. The van der Waals surface area contributed by atoms with Crippen molar-refractivity contribution in [2.45, 2.75) is 58.3 Å². The van der Waals surface area contributed by atoms with E-state index in [1.165, 1.54) is 56.3 Å². The molecule has 0 atom stereocenters. The summed E-state index contributed by atoms with van der Waals surface area (Å²) in [5.41, 5.74) is 6.28. The van der Waals surface area contributed by atoms with Crippen LogP contribution in [0.2, 0.25) is 0 Å². The summed E-state index contributed by atoms with van der Waals surface area (Å²) in [6, 6.07) is 1.77. The number of nitrogen functional groups attached to an aromatic ring is 1. The van der Waals surface area contributed by atoms with Crippen molar-refractivity contribution in [1.29, 1.82) is 0 Å². The zero-order chi connectivity index (χ0) is 13.9. The van der Waals surface area contributed by atoms with Crippen molar-refractivity contribution < 1.29 is 4.79 Å². The molecule has 0 aliphatic heterocycles. The Bertz CT molecular complexity index is 363. The lowest BCUT2D eigenvalue weighted by Gasteiger charge is -2.04. The van der Waals surface area contributed by atoms with Gasteiger partial charge >= 0.3 is 0 Å². The minimum Gasteiger partial charge on any atom is -0.397 e. The number of hydrogen-bond acceptors (Lipinski definition) is 3. The molecule has 0 spiro atoms. The van der Waals surface area contributed by atoms with Crippen molar-refractivity contribution in [2.75, 3.05) is 12.3 Å². The first-order valence-electron chi connectivity index (χ1n) is 7.37. The van der Waals surface area contributed by atoms with Crippen LogP contribution in [-0.2, 0) is 0 Å². The van der Waals surface area contributed by atoms with Crippen LogP contribution in [0.4, 0.5) is 5.69 Å². The topological polar surface area (TPSA) is 55.1 Å². The summed E-state index contributed by atoms with van der Waals surface area (Å²) in [6.45, 7) is 2.99. The number of nitrogens with two attached hydrogens (primary N) is 1. The molecule has 0 aliphatic carbocycles. The third kappa shape index (κ3) is 6.62. The van der Waals surface area contributed by atoms with E-state index in [9.17, 15) is 4.79 Å². The molecule has 0 aromatic carbocycles. The monoisotopic (exact) mass is 282 g/mol. The summed E-state index contributed by atoms with van der Waals surface area (Å²) >= 11 is 1.40. The Kier molecular flexibility index (Phi) is 8.30. The first kappa shape index (κ1) is 16.0. The van der Waals surface area contributed by atoms with Gasteiger partial charge in [-0.2, -0.15) is 0 Å². The Labute approximate surface area is 120 Å². The van der Waals surface area contributed by atoms with E-state index in [4.69, 9.17) is 5.73 Å². The molecular weight excluding hydrogens is 256 g/mol. The normalized spacial score (nSPS) is 10.6. The summed E-state index contributed by atoms with van der Waals surface area (Å²) in [5, 5.41) is 4.78. The van der Waals surface area contributed by atoms with Gasteiger partial charge in [-0.1, -0.05) is 51.9 Å². The summed E-state index contributed by atoms with van der Waals surface area (Å²) in [6.07, 6.45) is 10.2. The third-order valence-electron chi connectivity index (χ3n) is 3.22. The molecule has 4 heteroatoms. The molecule has 0 unspecified atom stereocenters. The van der Waals surface area contributed by atoms with E-state index in [-0.39, 0.29) is 5.91 Å². The minimum atomic E-state index is -0.0320. The quantitative estimate of drug-likeness (QED) is 0.632. The molecular formula is C15H26N2OS. The van der Waals surface area contributed by atoms with Crippen molar-refractivity contribution in [1.82, 2.24) is 5.32 Å². The van der Waals surface area contributed by atoms with Crippen molar-refractivity contribution in [2.24, 2.45) is 0 Å². The highest BCUT2D eigenvalue weighted by atomic mass is 32.1. The fourth-order valence-corrected chi connectivity index (χ4v) is 2.78. The Balaban J connectivity index is 1.96. The number of carbonyl (C=O) groups is 1. The Morgan fingerprint density at radius 1 is 1.16 bits per heavy atom. The van der Waals surface area contributed by atoms with Crippen molar-refractivity contribution in [3.8, 4) is 0 Å². The molecule has 0 aliphatic rings. The van der Waals surface area contributed by atoms with E-state index >= 15 is 0 Å². The van der Waals surface area contributed by atoms with Gasteiger partial charge in [0.15, 0.2) is 0 Å². The average Bonchev–Trinajstić information content (AvgIpc) is 2.83. The van der Waals surface area contributed by atoms with Gasteiger partial charge in [0, 0.05) is 6.54 Å². The maximum absolute atomic E-state index is 11.8. The number of hydrogen-bond donors (Lipinski definition) is 2. The van der Waals surface area contributed by atoms with Crippen molar-refractivity contribution in [3.63, 3.8) is 0 Å². The highest BCUT2D eigenvalue weighted by molar-refractivity contribution is 7.12. The first-order chi connectivity index (χ1) is 9.25. The van der Waals surface area contributed by atoms with Crippen LogP contribution < -0.4 is 11.1 Å². The fourth-order valence-electron chi connectivity index (χ4n) is 2.04. The Morgan fingerprint density at radius 3 is 2.37 bits per heavy atom. The van der Waals surface area contributed by atoms with Gasteiger partial charge in [-0.25, -0.2) is 0 Å². The molecule has 108 valence electrons. The SMILES string of the molecule is CCCCCCCCCCNC(=O)c1sccc1N. The molecule has 1 aromatic heterocycles. The number of anilines is 1. The highest BCUT2D eigenvalue weighted by Gasteiger charge is 2.09. The van der Waals surface area contributed by atoms with Gasteiger partial charge in [0.1, 0.15) is 4.88 Å². The van der Waals surface area contributed by atoms with Crippen LogP contribution in [0.1, 0.15) is 68.0 Å². The molecule has 0 radical (unpaired) electrons. The molecule has 0 bridgehead atoms. The van der Waals surface area contributed by atoms with Crippen LogP contribution in [0.25, 0.3) is 0 Å². The zero-order valence-electron chi connectivity index (χ0n) is 11.9. The third-order valence-corrected chi connectivity index (χ3v) is 4.15. The summed E-state index contributed by atoms with van der Waals surface area (Å²) in [4.78, 5) is 12.4. The highest BCUT2D eigenvalue weighted by Crippen LogP contribution is 2.18. The largest absolute Gasteiger partial charge is 0.397 e. The van der Waals surface area contributed by atoms with Gasteiger partial charge in [-0.3, -0.25) is 4.79 Å². The lowest BCUT2D eigenvalue weighted by atomic mass is 10.1. The molecule has 1 rings (SSSR count). The fraction of sp³-hybridized carbons (Fsp3) is 0.667. The van der Waals surface area contributed by atoms with Gasteiger partial charge in [0.05, 0.1) is 5.69 Å². The van der Waals surface area contributed by atoms with Crippen LogP contribution in [0.3, 0.4) is 0 Å². The molecule has 1 amide bonds. The lowest BCUT2D eigenvalue weighted by Crippen LogP contribution is -2.24. The van der Waals surface area contributed by atoms with Crippen molar-refractivity contribution >= 4 is 22.9 Å². The predicted octanol–water partition coefficient (Wildman–Crippen LogP) is 4.20. The summed E-state index contributed by atoms with van der Waals surface area (Å²) in [7, 11) is 0. The second-order valence-corrected chi connectivity index (χ2v) is 5.85. The predicted molar refractivity (Wildman–Crippen MR) is 83.7 cm³/mol. The number of nitrogens with one attached hydrogen (secondary N) is 1. The van der Waals surface area contributed by atoms with Gasteiger partial charge in [-0.05, 0) is 17.9 Å². The van der Waals surface area contributed by atoms with E-state index in [0.29, 0.717) is 10.6 Å². The van der Waals surface area contributed by atoms with Crippen LogP contribution >= 0.6 is 11.3 Å². The van der Waals surface area contributed by atoms with Gasteiger partial charge < -0.3 is 11.1 Å². The molecule has 3 nitrogen and oxygen atoms in total. The van der Waals surface area contributed by atoms with E-state index < -0.39 is 0 Å². The number of amides is 1. The second kappa shape index (κ2) is 9.84. The average molecular weight is 282 g/mol. The lowest BCUT2D eigenvalue weighted by molar-refractivity contribution is 0.0958. The van der Waals surface area contributed by atoms with E-state index in [1.54, 1.807) is 6.07 Å². The van der Waals surface area contributed by atoms with Crippen LogP contribution in [0, 0.1) is 0 Å². The van der Waals surface area contributed by atoms with Gasteiger partial charge in [0.25, 0.3) is 5.91 Å². The zero-order valence-corrected chi connectivity index (χ0v) is 12.7. The molecule has 0 fully saturated rings. The van der Waals surface area contributed by atoms with Crippen LogP contribution in [0.5, 0.6) is 0 Å². The molecule has 1 aromatic rings. The maximum Gasteiger partial charge on any atom is 0.263 e. The standard InChI is InChI=1S/C15H26N2OS/c1-2-3-4-5-6-7-8-9-11-17-15(18)14-13(16)10-12-19-14/h10,12H,2-9,11,16H2,1H3,(H,17,18). The second-order valence-electron chi connectivity index (χ2n) is 4.94. The number of rotatable bonds is 10.